The van der Waals surface area contributed by atoms with Crippen molar-refractivity contribution in [3.63, 3.8) is 0 Å². The number of fused-ring (bicyclic) bond motifs is 1. The third kappa shape index (κ3) is 4.99. The third-order valence-corrected chi connectivity index (χ3v) is 7.71. The van der Waals surface area contributed by atoms with Crippen LogP contribution in [0.5, 0.6) is 0 Å². The van der Waals surface area contributed by atoms with Crippen LogP contribution in [0, 0.1) is 5.92 Å². The van der Waals surface area contributed by atoms with Crippen molar-refractivity contribution in [2.24, 2.45) is 5.92 Å². The molecule has 0 aromatic heterocycles. The maximum absolute atomic E-state index is 12.8. The van der Waals surface area contributed by atoms with Crippen LogP contribution in [0.1, 0.15) is 30.9 Å². The second kappa shape index (κ2) is 9.24. The van der Waals surface area contributed by atoms with Crippen molar-refractivity contribution >= 4 is 33.4 Å². The molecule has 2 heterocycles. The van der Waals surface area contributed by atoms with E-state index in [0.29, 0.717) is 25.9 Å². The number of nitrogens with zero attached hydrogens (tertiary/aromatic N) is 2. The molecule has 2 aromatic carbocycles. The number of likely N-dealkylation sites (N-methyl/N-ethyl adjacent to an activating group) is 1. The van der Waals surface area contributed by atoms with E-state index in [1.165, 1.54) is 21.0 Å². The van der Waals surface area contributed by atoms with E-state index < -0.39 is 10.0 Å². The molecule has 6 nitrogen and oxygen atoms in total. The van der Waals surface area contributed by atoms with E-state index in [-0.39, 0.29) is 11.8 Å². The maximum Gasteiger partial charge on any atom is 0.236 e. The van der Waals surface area contributed by atoms with E-state index in [4.69, 9.17) is 0 Å². The summed E-state index contributed by atoms with van der Waals surface area (Å²) in [6.07, 6.45) is 3.71. The van der Waals surface area contributed by atoms with Crippen molar-refractivity contribution in [3.8, 4) is 0 Å². The topological polar surface area (TPSA) is 69.7 Å². The lowest BCUT2D eigenvalue weighted by Gasteiger charge is -2.29. The molecule has 2 aliphatic heterocycles. The summed E-state index contributed by atoms with van der Waals surface area (Å²) in [6, 6.07) is 15.5. The van der Waals surface area contributed by atoms with E-state index >= 15 is 0 Å². The van der Waals surface area contributed by atoms with Gasteiger partial charge in [-0.05, 0) is 55.5 Å². The van der Waals surface area contributed by atoms with Crippen LogP contribution in [0.4, 0.5) is 11.4 Å². The van der Waals surface area contributed by atoms with Gasteiger partial charge in [0.05, 0.1) is 0 Å². The molecule has 164 valence electrons. The minimum Gasteiger partial charge on any atom is -0.371 e. The van der Waals surface area contributed by atoms with Crippen molar-refractivity contribution in [3.05, 3.63) is 65.1 Å². The largest absolute Gasteiger partial charge is 0.371 e. The van der Waals surface area contributed by atoms with Crippen LogP contribution in [0.15, 0.2) is 53.9 Å². The number of carbonyl (C=O) groups excluding carboxylic acids is 1. The molecule has 1 N–H and O–H groups in total. The molecule has 4 rings (SSSR count). The van der Waals surface area contributed by atoms with Gasteiger partial charge in [-0.3, -0.25) is 4.79 Å². The molecule has 31 heavy (non-hydrogen) atoms. The fourth-order valence-electron chi connectivity index (χ4n) is 4.28. The van der Waals surface area contributed by atoms with Crippen LogP contribution in [0.25, 0.3) is 6.08 Å². The van der Waals surface area contributed by atoms with Gasteiger partial charge in [0.2, 0.25) is 15.9 Å². The molecule has 0 bridgehead atoms. The summed E-state index contributed by atoms with van der Waals surface area (Å²) in [5, 5.41) is 4.30. The standard InChI is InChI=1S/C24H29N3O3S/c1-2-26-14-10-20-8-9-22(18-23(20)26)25-24(28)21-11-15-27(16-12-21)31(29,30)17-13-19-6-4-3-5-7-19/h3-9,13,17-18,21H,2,10-12,14-16H2,1H3,(H,25,28)/b17-13+. The number of hydrogen-bond donors (Lipinski definition) is 1. The Morgan fingerprint density at radius 3 is 2.55 bits per heavy atom. The van der Waals surface area contributed by atoms with E-state index in [9.17, 15) is 13.2 Å². The van der Waals surface area contributed by atoms with Crippen molar-refractivity contribution < 1.29 is 13.2 Å². The van der Waals surface area contributed by atoms with Crippen LogP contribution in [0.3, 0.4) is 0 Å². The van der Waals surface area contributed by atoms with Gasteiger partial charge in [-0.25, -0.2) is 8.42 Å². The summed E-state index contributed by atoms with van der Waals surface area (Å²) < 4.78 is 26.7. The number of rotatable bonds is 6. The molecule has 0 radical (unpaired) electrons. The number of benzene rings is 2. The molecule has 1 fully saturated rings. The molecule has 2 aromatic rings. The Morgan fingerprint density at radius 2 is 1.84 bits per heavy atom. The van der Waals surface area contributed by atoms with Crippen molar-refractivity contribution in [2.45, 2.75) is 26.2 Å². The van der Waals surface area contributed by atoms with Gasteiger partial charge in [0.1, 0.15) is 0 Å². The van der Waals surface area contributed by atoms with Crippen molar-refractivity contribution in [2.75, 3.05) is 36.4 Å². The predicted molar refractivity (Wildman–Crippen MR) is 125 cm³/mol. The Hall–Kier alpha value is -2.64. The number of amides is 1. The number of nitrogens with one attached hydrogen (secondary N) is 1. The van der Waals surface area contributed by atoms with Gasteiger partial charge in [0.25, 0.3) is 0 Å². The number of carbonyl (C=O) groups is 1. The first kappa shape index (κ1) is 21.6. The second-order valence-electron chi connectivity index (χ2n) is 8.09. The molecule has 0 saturated carbocycles. The Kier molecular flexibility index (Phi) is 6.43. The molecule has 2 aliphatic rings. The molecular weight excluding hydrogens is 410 g/mol. The summed E-state index contributed by atoms with van der Waals surface area (Å²) >= 11 is 0. The Morgan fingerprint density at radius 1 is 1.10 bits per heavy atom. The van der Waals surface area contributed by atoms with Crippen LogP contribution in [0.2, 0.25) is 0 Å². The first-order valence-corrected chi connectivity index (χ1v) is 12.4. The zero-order valence-electron chi connectivity index (χ0n) is 17.8. The van der Waals surface area contributed by atoms with Crippen molar-refractivity contribution in [1.82, 2.24) is 4.31 Å². The molecular formula is C24H29N3O3S. The zero-order valence-corrected chi connectivity index (χ0v) is 18.6. The lowest BCUT2D eigenvalue weighted by molar-refractivity contribution is -0.120. The second-order valence-corrected chi connectivity index (χ2v) is 9.91. The van der Waals surface area contributed by atoms with Gasteiger partial charge in [-0.1, -0.05) is 36.4 Å². The van der Waals surface area contributed by atoms with Gasteiger partial charge in [-0.2, -0.15) is 4.31 Å². The highest BCUT2D eigenvalue weighted by Gasteiger charge is 2.30. The van der Waals surface area contributed by atoms with Gasteiger partial charge in [0.15, 0.2) is 0 Å². The fraction of sp³-hybridized carbons (Fsp3) is 0.375. The summed E-state index contributed by atoms with van der Waals surface area (Å²) in [4.78, 5) is 15.1. The van der Waals surface area contributed by atoms with E-state index in [1.54, 1.807) is 6.08 Å². The Balaban J connectivity index is 1.33. The van der Waals surface area contributed by atoms with Crippen LogP contribution in [-0.2, 0) is 21.2 Å². The quantitative estimate of drug-likeness (QED) is 0.745. The highest BCUT2D eigenvalue weighted by molar-refractivity contribution is 7.92. The summed E-state index contributed by atoms with van der Waals surface area (Å²) in [5.41, 5.74) is 4.18. The minimum absolute atomic E-state index is 0.0297. The molecule has 0 atom stereocenters. The normalized spacial score (nSPS) is 17.8. The minimum atomic E-state index is -3.49. The van der Waals surface area contributed by atoms with E-state index in [0.717, 1.165) is 30.8 Å². The first-order chi connectivity index (χ1) is 15.0. The fourth-order valence-corrected chi connectivity index (χ4v) is 5.50. The number of anilines is 2. The smallest absolute Gasteiger partial charge is 0.236 e. The molecule has 7 heteroatoms. The van der Waals surface area contributed by atoms with Gasteiger partial charge in [-0.15, -0.1) is 0 Å². The van der Waals surface area contributed by atoms with Gasteiger partial charge >= 0.3 is 0 Å². The first-order valence-electron chi connectivity index (χ1n) is 10.9. The molecule has 0 spiro atoms. The van der Waals surface area contributed by atoms with E-state index in [1.807, 2.05) is 36.4 Å². The highest BCUT2D eigenvalue weighted by atomic mass is 32.2. The Bertz CT molecular complexity index is 1060. The van der Waals surface area contributed by atoms with Crippen molar-refractivity contribution in [1.29, 1.82) is 0 Å². The number of sulfonamides is 1. The SMILES string of the molecule is CCN1CCc2ccc(NC(=O)C3CCN(S(=O)(=O)/C=C/c4ccccc4)CC3)cc21. The lowest BCUT2D eigenvalue weighted by atomic mass is 9.97. The molecule has 1 amide bonds. The van der Waals surface area contributed by atoms with Gasteiger partial charge in [0, 0.05) is 48.9 Å². The van der Waals surface area contributed by atoms with Crippen LogP contribution >= 0.6 is 0 Å². The van der Waals surface area contributed by atoms with Gasteiger partial charge < -0.3 is 10.2 Å². The van der Waals surface area contributed by atoms with Crippen LogP contribution in [-0.4, -0.2) is 44.8 Å². The van der Waals surface area contributed by atoms with E-state index in [2.05, 4.69) is 29.3 Å². The number of piperidine rings is 1. The third-order valence-electron chi connectivity index (χ3n) is 6.14. The van der Waals surface area contributed by atoms with Crippen LogP contribution < -0.4 is 10.2 Å². The zero-order chi connectivity index (χ0) is 21.8. The average Bonchev–Trinajstić information content (AvgIpc) is 3.21. The predicted octanol–water partition coefficient (Wildman–Crippen LogP) is 3.72. The summed E-state index contributed by atoms with van der Waals surface area (Å²) in [7, 11) is -3.49. The average molecular weight is 440 g/mol. The highest BCUT2D eigenvalue weighted by Crippen LogP contribution is 2.31. The molecule has 0 unspecified atom stereocenters. The lowest BCUT2D eigenvalue weighted by Crippen LogP contribution is -2.40. The Labute approximate surface area is 184 Å². The monoisotopic (exact) mass is 439 g/mol. The molecule has 0 aliphatic carbocycles. The summed E-state index contributed by atoms with van der Waals surface area (Å²) in [5.74, 6) is -0.210. The number of hydrogen-bond acceptors (Lipinski definition) is 4. The summed E-state index contributed by atoms with van der Waals surface area (Å²) in [6.45, 7) is 4.82. The maximum atomic E-state index is 12.8. The molecule has 1 saturated heterocycles.